The third-order valence-corrected chi connectivity index (χ3v) is 15.4. The van der Waals surface area contributed by atoms with E-state index in [2.05, 4.69) is 62.8 Å². The van der Waals surface area contributed by atoms with Crippen LogP contribution in [0, 0.1) is 58.2 Å². The number of allylic oxidation sites excluding steroid dienone is 7. The molecule has 4 aliphatic rings. The number of carbonyl (C=O) groups is 4. The largest absolute Gasteiger partial charge is 0.465 e. The topological polar surface area (TPSA) is 163 Å². The molecule has 10 atom stereocenters. The number of thiazole rings is 1. The van der Waals surface area contributed by atoms with Crippen molar-refractivity contribution in [2.75, 3.05) is 6.61 Å². The summed E-state index contributed by atoms with van der Waals surface area (Å²) in [6.07, 6.45) is 24.0. The maximum atomic E-state index is 13.0. The van der Waals surface area contributed by atoms with E-state index < -0.39 is 29.0 Å². The fourth-order valence-corrected chi connectivity index (χ4v) is 10.7. The predicted octanol–water partition coefficient (Wildman–Crippen LogP) is 14.7. The number of aromatic nitrogens is 1. The molecular weight excluding hydrogens is 933 g/mol. The summed E-state index contributed by atoms with van der Waals surface area (Å²) in [5.74, 6) is 1.78. The van der Waals surface area contributed by atoms with Gasteiger partial charge in [-0.15, -0.1) is 11.3 Å². The first-order valence-corrected chi connectivity index (χ1v) is 28.7. The first kappa shape index (κ1) is 67.4. The van der Waals surface area contributed by atoms with Crippen LogP contribution in [0.5, 0.6) is 0 Å². The number of ether oxygens (including phenoxy) is 1. The highest BCUT2D eigenvalue weighted by Crippen LogP contribution is 2.46. The fraction of sp³-hybridized carbons (Fsp3) is 0.710. The molecule has 0 amide bonds. The van der Waals surface area contributed by atoms with Crippen LogP contribution >= 0.6 is 11.3 Å². The van der Waals surface area contributed by atoms with Crippen molar-refractivity contribution in [3.8, 4) is 0 Å². The molecule has 5 rings (SSSR count). The smallest absolute Gasteiger partial charge is 0.308 e. The molecule has 2 aliphatic carbocycles. The zero-order chi connectivity index (χ0) is 55.6. The summed E-state index contributed by atoms with van der Waals surface area (Å²) in [7, 11) is 0. The Morgan fingerprint density at radius 1 is 0.726 bits per heavy atom. The molecule has 11 heteroatoms. The molecular formula is C62H102N2O8S. The van der Waals surface area contributed by atoms with Crippen LogP contribution in [0.4, 0.5) is 0 Å². The van der Waals surface area contributed by atoms with Crippen LogP contribution in [0.2, 0.25) is 0 Å². The van der Waals surface area contributed by atoms with Gasteiger partial charge in [-0.1, -0.05) is 137 Å². The third kappa shape index (κ3) is 25.2. The number of nitrogens with zero attached hydrogens (tertiary/aromatic N) is 2. The van der Waals surface area contributed by atoms with Gasteiger partial charge in [0.1, 0.15) is 22.4 Å². The Morgan fingerprint density at radius 3 is 1.70 bits per heavy atom. The fourth-order valence-electron chi connectivity index (χ4n) is 10.1. The number of Topliss-reactive ketones (excluding diaryl/α,β-unsaturated/α-hetero) is 3. The number of hydrogen-bond donors (Lipinski definition) is 3. The lowest BCUT2D eigenvalue weighted by Crippen LogP contribution is -2.42. The van der Waals surface area contributed by atoms with Crippen molar-refractivity contribution in [1.29, 1.82) is 0 Å². The highest BCUT2D eigenvalue weighted by molar-refractivity contribution is 7.09. The number of ketones is 3. The molecule has 1 aromatic heterocycles. The van der Waals surface area contributed by atoms with E-state index in [4.69, 9.17) is 9.84 Å². The van der Waals surface area contributed by atoms with Crippen LogP contribution in [-0.2, 0) is 30.5 Å². The van der Waals surface area contributed by atoms with Crippen LogP contribution in [0.3, 0.4) is 0 Å². The summed E-state index contributed by atoms with van der Waals surface area (Å²) in [6, 6.07) is 0. The number of esters is 1. The molecule has 73 heavy (non-hydrogen) atoms. The minimum absolute atomic E-state index is 0.0242. The molecule has 0 spiro atoms. The monoisotopic (exact) mass is 1030 g/mol. The second-order valence-electron chi connectivity index (χ2n) is 22.9. The number of hydrogen-bond acceptors (Lipinski definition) is 11. The molecule has 10 nitrogen and oxygen atoms in total. The molecule has 414 valence electrons. The van der Waals surface area contributed by atoms with E-state index in [0.717, 1.165) is 87.0 Å². The Morgan fingerprint density at radius 2 is 1.23 bits per heavy atom. The van der Waals surface area contributed by atoms with E-state index >= 15 is 0 Å². The van der Waals surface area contributed by atoms with Gasteiger partial charge in [0.05, 0.1) is 48.6 Å². The molecule has 3 N–H and O–H groups in total. The molecule has 0 saturated heterocycles. The molecule has 1 fully saturated rings. The van der Waals surface area contributed by atoms with Gasteiger partial charge < -0.3 is 20.1 Å². The van der Waals surface area contributed by atoms with E-state index in [9.17, 15) is 29.4 Å². The van der Waals surface area contributed by atoms with Crippen LogP contribution in [0.25, 0.3) is 6.08 Å². The Hall–Kier alpha value is -3.64. The van der Waals surface area contributed by atoms with Gasteiger partial charge in [-0.3, -0.25) is 24.2 Å². The van der Waals surface area contributed by atoms with E-state index in [-0.39, 0.29) is 60.5 Å². The van der Waals surface area contributed by atoms with Gasteiger partial charge in [0, 0.05) is 53.0 Å². The number of cyclic esters (lactones) is 1. The Kier molecular flexibility index (Phi) is 31.5. The Bertz CT molecular complexity index is 2040. The van der Waals surface area contributed by atoms with Crippen LogP contribution in [0.15, 0.2) is 63.7 Å². The minimum Gasteiger partial charge on any atom is -0.465 e. The van der Waals surface area contributed by atoms with E-state index in [1.165, 1.54) is 28.2 Å². The van der Waals surface area contributed by atoms with Gasteiger partial charge in [0.15, 0.2) is 0 Å². The summed E-state index contributed by atoms with van der Waals surface area (Å²) in [5.41, 5.74) is 4.20. The van der Waals surface area contributed by atoms with Crippen molar-refractivity contribution >= 4 is 46.4 Å². The lowest BCUT2D eigenvalue weighted by Gasteiger charge is -2.32. The van der Waals surface area contributed by atoms with E-state index in [1.807, 2.05) is 98.9 Å². The quantitative estimate of drug-likeness (QED) is 0.197. The first-order valence-electron chi connectivity index (χ1n) is 27.8. The van der Waals surface area contributed by atoms with Crippen LogP contribution in [0.1, 0.15) is 212 Å². The summed E-state index contributed by atoms with van der Waals surface area (Å²) < 4.78 is 5.29. The first-order chi connectivity index (χ1) is 34.2. The van der Waals surface area contributed by atoms with Crippen molar-refractivity contribution in [3.63, 3.8) is 0 Å². The van der Waals surface area contributed by atoms with Gasteiger partial charge in [0.2, 0.25) is 0 Å². The SMILES string of the molecule is C/C1=C/[C@H](C)CC2CC2C(=O)CC(O)C(C)(C)C(=O)C(C)CC(C)CCC1.C/C1=C/[C@H](C)COC(=O)CC(O)C(C)(C)C(=O)C(C)CC(C)CCC1.C/C=C\C1=CCC(C)=N1.C/C=C\c1csc(CO)n1.CC. The zero-order valence-electron chi connectivity index (χ0n) is 48.7. The number of carbonyl (C=O) groups excluding carboxylic acids is 4. The minimum atomic E-state index is -1.02. The van der Waals surface area contributed by atoms with Crippen molar-refractivity contribution in [2.45, 2.75) is 220 Å². The summed E-state index contributed by atoms with van der Waals surface area (Å²) in [5, 5.41) is 32.5. The second kappa shape index (κ2) is 34.1. The molecule has 1 saturated carbocycles. The van der Waals surface area contributed by atoms with E-state index in [1.54, 1.807) is 13.8 Å². The normalized spacial score (nSPS) is 31.3. The molecule has 2 aliphatic heterocycles. The van der Waals surface area contributed by atoms with Crippen molar-refractivity contribution < 1.29 is 39.2 Å². The van der Waals surface area contributed by atoms with Gasteiger partial charge in [-0.2, -0.15) is 0 Å². The molecule has 0 bridgehead atoms. The summed E-state index contributed by atoms with van der Waals surface area (Å²) in [6.45, 7) is 34.3. The lowest BCUT2D eigenvalue weighted by atomic mass is 9.73. The third-order valence-electron chi connectivity index (χ3n) is 14.6. The summed E-state index contributed by atoms with van der Waals surface area (Å²) >= 11 is 1.48. The predicted molar refractivity (Wildman–Crippen MR) is 305 cm³/mol. The Balaban J connectivity index is 0.000000527. The van der Waals surface area contributed by atoms with Crippen LogP contribution < -0.4 is 0 Å². The zero-order valence-corrected chi connectivity index (χ0v) is 49.5. The number of rotatable bonds is 3. The molecule has 1 aromatic rings. The highest BCUT2D eigenvalue weighted by atomic mass is 32.1. The maximum Gasteiger partial charge on any atom is 0.308 e. The number of aliphatic hydroxyl groups is 3. The standard InChI is InChI=1S/C24H40O3.C21H36O4.C8H11N.C7H9NOS.C2H6/c1-15-8-7-9-16(2)11-18(4)23(27)24(5,6)22(26)14-21(25)20-13-19(20)12-17(3)10-15;1-14-8-7-9-15(2)11-17(4)20(24)21(5,6)18(22)12-19(23)25-13-16(3)10-14;1-3-4-8-6-5-7(2)9-8;1-2-3-6-5-10-7(4-9)8-6;1-2/h10,16-20,22,26H,7-9,11-14H2,1-6H3;10,15-18,22H,7-9,11-13H2,1-6H3;3-4,6H,5H2,1-2H3;2-3,5,9H,4H2,1H3;1-2H3/b15-10-;14-10-;4-3-;3-2-;/t16?,17-,18?,19?,20?,22?;15?,16-,17?,18?;;;/m00.../s1. The molecule has 0 aromatic carbocycles. The molecule has 3 heterocycles. The molecule has 8 unspecified atom stereocenters. The number of aliphatic imine (C=N–C) groups is 1. The lowest BCUT2D eigenvalue weighted by molar-refractivity contribution is -0.151. The van der Waals surface area contributed by atoms with Crippen molar-refractivity contribution in [3.05, 3.63) is 69.4 Å². The van der Waals surface area contributed by atoms with Gasteiger partial charge in [-0.25, -0.2) is 4.98 Å². The van der Waals surface area contributed by atoms with Gasteiger partial charge in [-0.05, 0) is 122 Å². The number of fused-ring (bicyclic) bond motifs is 1. The Labute approximate surface area is 447 Å². The van der Waals surface area contributed by atoms with Crippen molar-refractivity contribution in [2.24, 2.45) is 63.2 Å². The average Bonchev–Trinajstić information content (AvgIpc) is 3.72. The summed E-state index contributed by atoms with van der Waals surface area (Å²) in [4.78, 5) is 58.8. The number of aliphatic hydroxyl groups excluding tert-OH is 3. The van der Waals surface area contributed by atoms with E-state index in [0.29, 0.717) is 30.3 Å². The van der Waals surface area contributed by atoms with Crippen LogP contribution in [-0.4, -0.2) is 68.1 Å². The molecule has 0 radical (unpaired) electrons. The van der Waals surface area contributed by atoms with Crippen molar-refractivity contribution in [1.82, 2.24) is 4.98 Å². The highest BCUT2D eigenvalue weighted by Gasteiger charge is 2.46. The van der Waals surface area contributed by atoms with Gasteiger partial charge in [0.25, 0.3) is 0 Å². The van der Waals surface area contributed by atoms with Gasteiger partial charge >= 0.3 is 5.97 Å². The maximum absolute atomic E-state index is 13.0. The second-order valence-corrected chi connectivity index (χ2v) is 23.8. The average molecular weight is 1040 g/mol.